The minimum Gasteiger partial charge on any atom is -0.328 e. The maximum absolute atomic E-state index is 13.8. The number of anilines is 1. The predicted octanol–water partition coefficient (Wildman–Crippen LogP) is 4.52. The van der Waals surface area contributed by atoms with Gasteiger partial charge in [-0.3, -0.25) is 9.36 Å². The second-order valence-corrected chi connectivity index (χ2v) is 6.61. The Morgan fingerprint density at radius 2 is 1.89 bits per heavy atom. The van der Waals surface area contributed by atoms with E-state index < -0.39 is 5.95 Å². The molecule has 0 aliphatic heterocycles. The van der Waals surface area contributed by atoms with Gasteiger partial charge in [0.05, 0.1) is 11.4 Å². The van der Waals surface area contributed by atoms with E-state index in [1.807, 2.05) is 59.4 Å². The number of carbonyl (C=O) groups is 1. The molecule has 2 aromatic carbocycles. The zero-order chi connectivity index (χ0) is 18.8. The highest BCUT2D eigenvalue weighted by molar-refractivity contribution is 7.98. The van der Waals surface area contributed by atoms with Crippen molar-refractivity contribution in [2.75, 3.05) is 11.6 Å². The fraction of sp³-hybridized carbons (Fsp3) is 0.0500. The SMILES string of the molecule is CSc1cc(-n2c(-c3ccccc3)nc3ccc(F)nc32)ccc1NC=O. The van der Waals surface area contributed by atoms with E-state index in [1.54, 1.807) is 6.07 Å². The number of benzene rings is 2. The number of aromatic nitrogens is 3. The smallest absolute Gasteiger partial charge is 0.214 e. The first-order valence-electron chi connectivity index (χ1n) is 8.20. The summed E-state index contributed by atoms with van der Waals surface area (Å²) in [6.07, 6.45) is 2.57. The number of nitrogens with one attached hydrogen (secondary N) is 1. The average molecular weight is 378 g/mol. The number of thioether (sulfide) groups is 1. The molecule has 0 spiro atoms. The van der Waals surface area contributed by atoms with Gasteiger partial charge >= 0.3 is 0 Å². The summed E-state index contributed by atoms with van der Waals surface area (Å²) in [4.78, 5) is 20.4. The predicted molar refractivity (Wildman–Crippen MR) is 106 cm³/mol. The van der Waals surface area contributed by atoms with E-state index in [-0.39, 0.29) is 0 Å². The zero-order valence-corrected chi connectivity index (χ0v) is 15.2. The number of hydrogen-bond acceptors (Lipinski definition) is 4. The van der Waals surface area contributed by atoms with Crippen LogP contribution in [0.4, 0.5) is 10.1 Å². The van der Waals surface area contributed by atoms with Gasteiger partial charge in [-0.25, -0.2) is 4.98 Å². The summed E-state index contributed by atoms with van der Waals surface area (Å²) in [5.41, 5.74) is 3.45. The molecular weight excluding hydrogens is 363 g/mol. The Balaban J connectivity index is 2.00. The third-order valence-electron chi connectivity index (χ3n) is 4.16. The van der Waals surface area contributed by atoms with Crippen LogP contribution in [0.3, 0.4) is 0 Å². The van der Waals surface area contributed by atoms with Crippen molar-refractivity contribution in [3.63, 3.8) is 0 Å². The number of hydrogen-bond donors (Lipinski definition) is 1. The highest BCUT2D eigenvalue weighted by Crippen LogP contribution is 2.32. The molecule has 4 aromatic rings. The Hall–Kier alpha value is -3.19. The molecule has 2 aromatic heterocycles. The van der Waals surface area contributed by atoms with Crippen molar-refractivity contribution in [2.45, 2.75) is 4.90 Å². The van der Waals surface area contributed by atoms with Gasteiger partial charge < -0.3 is 5.32 Å². The van der Waals surface area contributed by atoms with Gasteiger partial charge in [0.2, 0.25) is 12.4 Å². The number of halogens is 1. The zero-order valence-electron chi connectivity index (χ0n) is 14.4. The maximum Gasteiger partial charge on any atom is 0.214 e. The Kier molecular flexibility index (Phi) is 4.60. The van der Waals surface area contributed by atoms with E-state index in [2.05, 4.69) is 15.3 Å². The number of pyridine rings is 1. The van der Waals surface area contributed by atoms with Crippen LogP contribution in [-0.2, 0) is 4.79 Å². The molecule has 0 radical (unpaired) electrons. The standard InChI is InChI=1S/C20H15FN4OS/c1-27-17-11-14(7-8-15(17)22-12-26)25-19(13-5-3-2-4-6-13)23-16-9-10-18(21)24-20(16)25/h2-12H,1H3,(H,22,26). The summed E-state index contributed by atoms with van der Waals surface area (Å²) in [5, 5.41) is 2.69. The van der Waals surface area contributed by atoms with Crippen LogP contribution in [0, 0.1) is 5.95 Å². The van der Waals surface area contributed by atoms with E-state index in [9.17, 15) is 9.18 Å². The fourth-order valence-electron chi connectivity index (χ4n) is 2.96. The molecule has 0 aliphatic carbocycles. The Morgan fingerprint density at radius 3 is 2.63 bits per heavy atom. The van der Waals surface area contributed by atoms with Gasteiger partial charge in [0, 0.05) is 10.5 Å². The number of carbonyl (C=O) groups excluding carboxylic acids is 1. The highest BCUT2D eigenvalue weighted by atomic mass is 32.2. The first-order valence-corrected chi connectivity index (χ1v) is 9.43. The van der Waals surface area contributed by atoms with Crippen molar-refractivity contribution in [3.05, 3.63) is 66.6 Å². The van der Waals surface area contributed by atoms with Crippen LogP contribution in [-0.4, -0.2) is 27.2 Å². The average Bonchev–Trinajstić information content (AvgIpc) is 3.08. The van der Waals surface area contributed by atoms with Crippen LogP contribution >= 0.6 is 11.8 Å². The monoisotopic (exact) mass is 378 g/mol. The number of imidazole rings is 1. The molecule has 27 heavy (non-hydrogen) atoms. The summed E-state index contributed by atoms with van der Waals surface area (Å²) in [6, 6.07) is 18.2. The third kappa shape index (κ3) is 3.17. The first-order chi connectivity index (χ1) is 13.2. The lowest BCUT2D eigenvalue weighted by Gasteiger charge is -2.12. The Bertz CT molecular complexity index is 1130. The molecule has 0 unspecified atom stereocenters. The minimum atomic E-state index is -0.562. The lowest BCUT2D eigenvalue weighted by Crippen LogP contribution is -2.02. The van der Waals surface area contributed by atoms with Gasteiger partial charge in [-0.15, -0.1) is 11.8 Å². The quantitative estimate of drug-likeness (QED) is 0.315. The van der Waals surface area contributed by atoms with Gasteiger partial charge in [-0.05, 0) is 36.6 Å². The topological polar surface area (TPSA) is 59.8 Å². The second-order valence-electron chi connectivity index (χ2n) is 5.76. The maximum atomic E-state index is 13.8. The van der Waals surface area contributed by atoms with Crippen molar-refractivity contribution in [1.29, 1.82) is 0 Å². The molecule has 4 rings (SSSR count). The summed E-state index contributed by atoms with van der Waals surface area (Å²) in [7, 11) is 0. The first kappa shape index (κ1) is 17.2. The van der Waals surface area contributed by atoms with Crippen molar-refractivity contribution < 1.29 is 9.18 Å². The van der Waals surface area contributed by atoms with E-state index in [1.165, 1.54) is 17.8 Å². The molecular formula is C20H15FN4OS. The van der Waals surface area contributed by atoms with E-state index >= 15 is 0 Å². The normalized spacial score (nSPS) is 10.9. The molecule has 0 aliphatic rings. The molecule has 0 fully saturated rings. The Labute approximate surface area is 159 Å². The van der Waals surface area contributed by atoms with Crippen LogP contribution in [0.15, 0.2) is 65.6 Å². The molecule has 2 heterocycles. The Morgan fingerprint density at radius 1 is 1.07 bits per heavy atom. The van der Waals surface area contributed by atoms with Gasteiger partial charge in [0.1, 0.15) is 11.3 Å². The molecule has 1 N–H and O–H groups in total. The summed E-state index contributed by atoms with van der Waals surface area (Å²) >= 11 is 1.51. The van der Waals surface area contributed by atoms with Crippen LogP contribution in [0.2, 0.25) is 0 Å². The highest BCUT2D eigenvalue weighted by Gasteiger charge is 2.17. The minimum absolute atomic E-state index is 0.442. The fourth-order valence-corrected chi connectivity index (χ4v) is 3.55. The van der Waals surface area contributed by atoms with Crippen molar-refractivity contribution >= 4 is 35.0 Å². The number of rotatable bonds is 5. The largest absolute Gasteiger partial charge is 0.328 e. The van der Waals surface area contributed by atoms with Gasteiger partial charge in [0.25, 0.3) is 0 Å². The lowest BCUT2D eigenvalue weighted by molar-refractivity contribution is -0.105. The summed E-state index contributed by atoms with van der Waals surface area (Å²) in [6.45, 7) is 0. The summed E-state index contributed by atoms with van der Waals surface area (Å²) in [5.74, 6) is 0.111. The molecule has 0 atom stereocenters. The van der Waals surface area contributed by atoms with Crippen molar-refractivity contribution in [3.8, 4) is 17.1 Å². The van der Waals surface area contributed by atoms with Crippen LogP contribution < -0.4 is 5.32 Å². The molecule has 0 bridgehead atoms. The molecule has 0 saturated heterocycles. The molecule has 1 amide bonds. The van der Waals surface area contributed by atoms with Crippen LogP contribution in [0.25, 0.3) is 28.2 Å². The number of fused-ring (bicyclic) bond motifs is 1. The lowest BCUT2D eigenvalue weighted by atomic mass is 10.2. The van der Waals surface area contributed by atoms with E-state index in [0.717, 1.165) is 16.1 Å². The third-order valence-corrected chi connectivity index (χ3v) is 4.94. The van der Waals surface area contributed by atoms with Gasteiger partial charge in [0.15, 0.2) is 5.65 Å². The van der Waals surface area contributed by atoms with E-state index in [4.69, 9.17) is 0 Å². The number of nitrogens with zero attached hydrogens (tertiary/aromatic N) is 3. The van der Waals surface area contributed by atoms with Crippen LogP contribution in [0.5, 0.6) is 0 Å². The van der Waals surface area contributed by atoms with E-state index in [0.29, 0.717) is 29.1 Å². The summed E-state index contributed by atoms with van der Waals surface area (Å²) < 4.78 is 15.7. The van der Waals surface area contributed by atoms with Gasteiger partial charge in [-0.1, -0.05) is 30.3 Å². The molecule has 134 valence electrons. The molecule has 5 nitrogen and oxygen atoms in total. The second kappa shape index (κ2) is 7.20. The van der Waals surface area contributed by atoms with Crippen molar-refractivity contribution in [1.82, 2.24) is 14.5 Å². The number of amides is 1. The van der Waals surface area contributed by atoms with Crippen molar-refractivity contribution in [2.24, 2.45) is 0 Å². The van der Waals surface area contributed by atoms with Crippen LogP contribution in [0.1, 0.15) is 0 Å². The molecule has 7 heteroatoms. The molecule has 0 saturated carbocycles. The van der Waals surface area contributed by atoms with Gasteiger partial charge in [-0.2, -0.15) is 9.37 Å².